The van der Waals surface area contributed by atoms with Gasteiger partial charge in [0.05, 0.1) is 0 Å². The van der Waals surface area contributed by atoms with Gasteiger partial charge in [0.2, 0.25) is 0 Å². The van der Waals surface area contributed by atoms with E-state index in [2.05, 4.69) is 28.0 Å². The lowest BCUT2D eigenvalue weighted by Gasteiger charge is -2.23. The van der Waals surface area contributed by atoms with E-state index in [1.807, 2.05) is 6.20 Å². The highest BCUT2D eigenvalue weighted by Crippen LogP contribution is 2.11. The van der Waals surface area contributed by atoms with Gasteiger partial charge in [0, 0.05) is 25.0 Å². The van der Waals surface area contributed by atoms with Crippen molar-refractivity contribution in [2.75, 3.05) is 6.54 Å². The van der Waals surface area contributed by atoms with E-state index in [1.54, 1.807) is 0 Å². The fourth-order valence-corrected chi connectivity index (χ4v) is 2.11. The summed E-state index contributed by atoms with van der Waals surface area (Å²) in [5, 5.41) is 3.57. The number of imidazole rings is 1. The van der Waals surface area contributed by atoms with Gasteiger partial charge in [-0.3, -0.25) is 0 Å². The zero-order valence-electron chi connectivity index (χ0n) is 10.2. The summed E-state index contributed by atoms with van der Waals surface area (Å²) in [6.07, 6.45) is 9.26. The van der Waals surface area contributed by atoms with Gasteiger partial charge in [-0.15, -0.1) is 24.8 Å². The Morgan fingerprint density at radius 2 is 2.18 bits per heavy atom. The number of nitrogens with zero attached hydrogens (tertiary/aromatic N) is 2. The van der Waals surface area contributed by atoms with E-state index in [1.165, 1.54) is 32.2 Å². The zero-order valence-corrected chi connectivity index (χ0v) is 11.8. The molecule has 1 aliphatic rings. The molecule has 1 atom stereocenters. The minimum atomic E-state index is 0. The molecule has 1 aromatic heterocycles. The minimum Gasteiger partial charge on any atom is -0.412 e. The van der Waals surface area contributed by atoms with Gasteiger partial charge in [0.15, 0.2) is 0 Å². The summed E-state index contributed by atoms with van der Waals surface area (Å²) in [6, 6.07) is 0.727. The number of hydrogen-bond donors (Lipinski definition) is 1. The second-order valence-electron chi connectivity index (χ2n) is 4.10. The van der Waals surface area contributed by atoms with Crippen LogP contribution in [-0.2, 0) is 6.54 Å². The van der Waals surface area contributed by atoms with Gasteiger partial charge in [-0.2, -0.15) is 0 Å². The number of nitrogens with one attached hydrogen (secondary N) is 1. The Balaban J connectivity index is 0. The molecule has 3 N–H and O–H groups in total. The molecule has 4 nitrogen and oxygen atoms in total. The van der Waals surface area contributed by atoms with Crippen molar-refractivity contribution >= 4 is 24.8 Å². The Bertz CT molecular complexity index is 288. The van der Waals surface area contributed by atoms with Gasteiger partial charge in [0.1, 0.15) is 5.82 Å². The summed E-state index contributed by atoms with van der Waals surface area (Å²) >= 11 is 0. The third kappa shape index (κ3) is 5.73. The van der Waals surface area contributed by atoms with Crippen molar-refractivity contribution in [2.24, 2.45) is 0 Å². The molecule has 1 saturated heterocycles. The highest BCUT2D eigenvalue weighted by atomic mass is 35.5. The van der Waals surface area contributed by atoms with E-state index in [9.17, 15) is 0 Å². The first-order valence-corrected chi connectivity index (χ1v) is 5.57. The second-order valence-corrected chi connectivity index (χ2v) is 4.10. The number of aromatic nitrogens is 2. The summed E-state index contributed by atoms with van der Waals surface area (Å²) in [5.41, 5.74) is 0. The molecule has 1 aromatic rings. The first-order chi connectivity index (χ1) is 6.86. The normalized spacial score (nSPS) is 18.5. The van der Waals surface area contributed by atoms with Gasteiger partial charge < -0.3 is 15.4 Å². The van der Waals surface area contributed by atoms with Crippen molar-refractivity contribution in [1.82, 2.24) is 14.9 Å². The summed E-state index contributed by atoms with van der Waals surface area (Å²) in [6.45, 7) is 4.37. The monoisotopic (exact) mass is 283 g/mol. The highest BCUT2D eigenvalue weighted by molar-refractivity contribution is 5.85. The average molecular weight is 284 g/mol. The smallest absolute Gasteiger partial charge is 0.105 e. The molecule has 1 aliphatic heterocycles. The molecule has 102 valence electrons. The van der Waals surface area contributed by atoms with Crippen molar-refractivity contribution in [3.63, 3.8) is 0 Å². The Hall–Kier alpha value is -0.290. The molecule has 0 saturated carbocycles. The zero-order chi connectivity index (χ0) is 9.80. The van der Waals surface area contributed by atoms with E-state index in [4.69, 9.17) is 0 Å². The van der Waals surface area contributed by atoms with Crippen LogP contribution in [-0.4, -0.2) is 27.6 Å². The molecular formula is C11H23Cl2N3O. The maximum absolute atomic E-state index is 4.22. The molecule has 0 aromatic carbocycles. The van der Waals surface area contributed by atoms with Crippen LogP contribution in [0.15, 0.2) is 12.4 Å². The van der Waals surface area contributed by atoms with Gasteiger partial charge in [-0.25, -0.2) is 4.98 Å². The SMILES string of the molecule is Cc1nccn1CCC1CCCCN1.Cl.Cl.O. The quantitative estimate of drug-likeness (QED) is 0.919. The minimum absolute atomic E-state index is 0. The fourth-order valence-electron chi connectivity index (χ4n) is 2.11. The van der Waals surface area contributed by atoms with Crippen molar-refractivity contribution in [3.05, 3.63) is 18.2 Å². The van der Waals surface area contributed by atoms with Gasteiger partial charge in [-0.05, 0) is 32.7 Å². The van der Waals surface area contributed by atoms with Crippen LogP contribution in [0.5, 0.6) is 0 Å². The first kappa shape index (κ1) is 19.1. The maximum Gasteiger partial charge on any atom is 0.105 e. The number of aryl methyl sites for hydroxylation is 2. The number of halogens is 2. The molecule has 6 heteroatoms. The Kier molecular flexibility index (Phi) is 10.9. The van der Waals surface area contributed by atoms with Crippen LogP contribution < -0.4 is 5.32 Å². The van der Waals surface area contributed by atoms with Crippen LogP contribution in [0.2, 0.25) is 0 Å². The van der Waals surface area contributed by atoms with Gasteiger partial charge in [0.25, 0.3) is 0 Å². The van der Waals surface area contributed by atoms with E-state index in [-0.39, 0.29) is 30.3 Å². The molecule has 0 bridgehead atoms. The standard InChI is InChI=1S/C11H19N3.2ClH.H2O/c1-10-12-7-9-14(10)8-5-11-4-2-3-6-13-11;;;/h7,9,11,13H,2-6,8H2,1H3;2*1H;1H2. The van der Waals surface area contributed by atoms with Gasteiger partial charge in [-0.1, -0.05) is 6.42 Å². The van der Waals surface area contributed by atoms with Crippen LogP contribution in [0, 0.1) is 6.92 Å². The van der Waals surface area contributed by atoms with Crippen molar-refractivity contribution in [2.45, 2.75) is 45.2 Å². The van der Waals surface area contributed by atoms with Crippen LogP contribution in [0.1, 0.15) is 31.5 Å². The van der Waals surface area contributed by atoms with Crippen LogP contribution >= 0.6 is 24.8 Å². The summed E-state index contributed by atoms with van der Waals surface area (Å²) in [7, 11) is 0. The number of hydrogen-bond acceptors (Lipinski definition) is 2. The molecule has 0 amide bonds. The summed E-state index contributed by atoms with van der Waals surface area (Å²) in [4.78, 5) is 4.22. The third-order valence-electron chi connectivity index (χ3n) is 3.05. The van der Waals surface area contributed by atoms with Crippen LogP contribution in [0.25, 0.3) is 0 Å². The molecule has 0 spiro atoms. The van der Waals surface area contributed by atoms with Gasteiger partial charge >= 0.3 is 0 Å². The number of rotatable bonds is 3. The lowest BCUT2D eigenvalue weighted by molar-refractivity contribution is 0.365. The molecule has 0 aliphatic carbocycles. The van der Waals surface area contributed by atoms with E-state index < -0.39 is 0 Å². The Morgan fingerprint density at radius 1 is 1.41 bits per heavy atom. The van der Waals surface area contributed by atoms with Crippen molar-refractivity contribution in [1.29, 1.82) is 0 Å². The first-order valence-electron chi connectivity index (χ1n) is 5.57. The molecule has 17 heavy (non-hydrogen) atoms. The molecule has 1 unspecified atom stereocenters. The fraction of sp³-hybridized carbons (Fsp3) is 0.727. The largest absolute Gasteiger partial charge is 0.412 e. The topological polar surface area (TPSA) is 61.4 Å². The second kappa shape index (κ2) is 9.71. The number of piperidine rings is 1. The van der Waals surface area contributed by atoms with Crippen LogP contribution in [0.4, 0.5) is 0 Å². The lowest BCUT2D eigenvalue weighted by atomic mass is 10.0. The molecule has 2 heterocycles. The predicted octanol–water partition coefficient (Wildman–Crippen LogP) is 1.74. The molecule has 1 fully saturated rings. The summed E-state index contributed by atoms with van der Waals surface area (Å²) < 4.78 is 2.23. The third-order valence-corrected chi connectivity index (χ3v) is 3.05. The Labute approximate surface area is 115 Å². The van der Waals surface area contributed by atoms with Crippen molar-refractivity contribution < 1.29 is 5.48 Å². The van der Waals surface area contributed by atoms with E-state index >= 15 is 0 Å². The van der Waals surface area contributed by atoms with Crippen LogP contribution in [0.3, 0.4) is 0 Å². The maximum atomic E-state index is 4.22. The van der Waals surface area contributed by atoms with Crippen molar-refractivity contribution in [3.8, 4) is 0 Å². The lowest BCUT2D eigenvalue weighted by Crippen LogP contribution is -2.34. The molecule has 0 radical (unpaired) electrons. The predicted molar refractivity (Wildman–Crippen MR) is 75.3 cm³/mol. The van der Waals surface area contributed by atoms with E-state index in [0.717, 1.165) is 18.4 Å². The Morgan fingerprint density at radius 3 is 2.71 bits per heavy atom. The summed E-state index contributed by atoms with van der Waals surface area (Å²) in [5.74, 6) is 1.13. The average Bonchev–Trinajstić information content (AvgIpc) is 2.63. The van der Waals surface area contributed by atoms with E-state index in [0.29, 0.717) is 0 Å². The molecule has 2 rings (SSSR count). The molecular weight excluding hydrogens is 261 g/mol. The highest BCUT2D eigenvalue weighted by Gasteiger charge is 2.12.